The first-order chi connectivity index (χ1) is 1.91. The van der Waals surface area contributed by atoms with Crippen LogP contribution in [0.2, 0.25) is 0 Å². The van der Waals surface area contributed by atoms with E-state index in [0.717, 1.165) is 0 Å². The van der Waals surface area contributed by atoms with Crippen molar-refractivity contribution in [2.24, 2.45) is 0 Å². The van der Waals surface area contributed by atoms with E-state index in [1.807, 2.05) is 0 Å². The lowest BCUT2D eigenvalue weighted by Gasteiger charge is -1.67. The molecule has 0 bridgehead atoms. The molecule has 0 heterocycles. The number of hydrogen-bond acceptors (Lipinski definition) is 2. The lowest BCUT2D eigenvalue weighted by Crippen LogP contribution is -1.68. The van der Waals surface area contributed by atoms with Crippen molar-refractivity contribution in [3.05, 3.63) is 0 Å². The Hall–Kier alpha value is 0.00247. The van der Waals surface area contributed by atoms with Crippen molar-refractivity contribution in [1.82, 2.24) is 0 Å². The molecule has 0 saturated carbocycles. The largest absolute Gasteiger partial charge is 0.471 e. The second-order valence-electron chi connectivity index (χ2n) is 0.332. The van der Waals surface area contributed by atoms with Crippen LogP contribution < -0.4 is 0 Å². The number of methoxy groups -OCH3 is 1. The van der Waals surface area contributed by atoms with Gasteiger partial charge in [0, 0.05) is 0 Å². The van der Waals surface area contributed by atoms with Crippen molar-refractivity contribution < 1.29 is 9.53 Å². The lowest BCUT2D eigenvalue weighted by molar-refractivity contribution is -0.126. The molecule has 0 N–H and O–H groups in total. The Balaban J connectivity index is 0. The molecule has 0 rings (SSSR count). The maximum absolute atomic E-state index is 8.95. The molecule has 0 spiro atoms. The van der Waals surface area contributed by atoms with Gasteiger partial charge in [-0.05, 0) is 0 Å². The molecule has 0 aliphatic heterocycles. The van der Waals surface area contributed by atoms with Gasteiger partial charge in [-0.25, -0.2) is 0 Å². The van der Waals surface area contributed by atoms with Gasteiger partial charge in [0.15, 0.2) is 17.4 Å². The molecule has 0 aliphatic rings. The fourth-order valence-electron chi connectivity index (χ4n) is 0. The minimum absolute atomic E-state index is 0. The summed E-state index contributed by atoms with van der Waals surface area (Å²) in [7, 11) is 1.31. The minimum Gasteiger partial charge on any atom is -0.471 e. The summed E-state index contributed by atoms with van der Waals surface area (Å²) in [4.78, 5) is 8.95. The van der Waals surface area contributed by atoms with Gasteiger partial charge in [0.25, 0.3) is 6.47 Å². The van der Waals surface area contributed by atoms with Crippen LogP contribution >= 0.6 is 0 Å². The quantitative estimate of drug-likeness (QED) is 0.292. The monoisotopic (exact) mass is 90.0 g/mol. The van der Waals surface area contributed by atoms with Gasteiger partial charge in [0.05, 0.1) is 7.11 Å². The fourth-order valence-corrected chi connectivity index (χ4v) is 0. The van der Waals surface area contributed by atoms with Gasteiger partial charge in [-0.1, -0.05) is 0 Å². The summed E-state index contributed by atoms with van der Waals surface area (Å²) in [5, 5.41) is 0. The van der Waals surface area contributed by atoms with E-state index >= 15 is 0 Å². The zero-order valence-electron chi connectivity index (χ0n) is 2.39. The first-order valence-corrected chi connectivity index (χ1v) is 0.880. The van der Waals surface area contributed by atoms with Crippen molar-refractivity contribution in [2.75, 3.05) is 7.11 Å². The third-order valence-electron chi connectivity index (χ3n) is 0.0962. The lowest BCUT2D eigenvalue weighted by atomic mass is 11.5. The molecule has 3 heteroatoms. The highest BCUT2D eigenvalue weighted by molar-refractivity contribution is 5.75. The summed E-state index contributed by atoms with van der Waals surface area (Å²) in [6.07, 6.45) is 0. The molecule has 0 aromatic carbocycles. The van der Waals surface area contributed by atoms with E-state index in [2.05, 4.69) is 4.74 Å². The van der Waals surface area contributed by atoms with Crippen LogP contribution in [-0.2, 0) is 9.53 Å². The Morgan fingerprint density at radius 3 is 2.00 bits per heavy atom. The van der Waals surface area contributed by atoms with E-state index in [1.54, 1.807) is 0 Å². The van der Waals surface area contributed by atoms with Crippen LogP contribution in [-0.4, -0.2) is 30.9 Å². The van der Waals surface area contributed by atoms with Crippen molar-refractivity contribution in [3.63, 3.8) is 0 Å². The topological polar surface area (TPSA) is 26.3 Å². The summed E-state index contributed by atoms with van der Waals surface area (Å²) >= 11 is 0. The van der Waals surface area contributed by atoms with Gasteiger partial charge in [-0.3, -0.25) is 4.79 Å². The highest BCUT2D eigenvalue weighted by Crippen LogP contribution is 1.35. The van der Waals surface area contributed by atoms with Gasteiger partial charge in [0.2, 0.25) is 0 Å². The fraction of sp³-hybridized carbons (Fsp3) is 0.500. The molecular formula is C2H7AlO2. The van der Waals surface area contributed by atoms with E-state index in [9.17, 15) is 0 Å². The standard InChI is InChI=1S/C2H4O2.Al.3H/c1-4-2-3;;;;/h2H,1H3;;;;. The number of carbonyl (C=O) groups is 1. The predicted molar refractivity (Wildman–Crippen MR) is 23.0 cm³/mol. The van der Waals surface area contributed by atoms with Crippen molar-refractivity contribution in [1.29, 1.82) is 0 Å². The first-order valence-electron chi connectivity index (χ1n) is 0.880. The Morgan fingerprint density at radius 1 is 1.80 bits per heavy atom. The minimum atomic E-state index is 0. The molecule has 0 fully saturated rings. The molecule has 0 saturated heterocycles. The van der Waals surface area contributed by atoms with Crippen LogP contribution in [0.1, 0.15) is 0 Å². The SMILES string of the molecule is COC=O.[AlH3]. The third kappa shape index (κ3) is 16.0. The number of ether oxygens (including phenoxy) is 1. The van der Waals surface area contributed by atoms with E-state index < -0.39 is 0 Å². The molecule has 30 valence electrons. The normalized spacial score (nSPS) is 4.20. The van der Waals surface area contributed by atoms with Crippen LogP contribution in [0.5, 0.6) is 0 Å². The third-order valence-corrected chi connectivity index (χ3v) is 0.0962. The first kappa shape index (κ1) is 8.89. The summed E-state index contributed by atoms with van der Waals surface area (Å²) in [5.74, 6) is 0. The average molecular weight is 90.1 g/mol. The Labute approximate surface area is 41.3 Å². The summed E-state index contributed by atoms with van der Waals surface area (Å²) in [5.41, 5.74) is 0. The highest BCUT2D eigenvalue weighted by Gasteiger charge is 1.44. The summed E-state index contributed by atoms with van der Waals surface area (Å²) < 4.78 is 3.86. The Bertz CT molecular complexity index is 21.6. The van der Waals surface area contributed by atoms with Crippen LogP contribution in [0.4, 0.5) is 0 Å². The number of hydrogen-bond donors (Lipinski definition) is 0. The maximum atomic E-state index is 8.95. The van der Waals surface area contributed by atoms with Crippen molar-refractivity contribution in [3.8, 4) is 0 Å². The van der Waals surface area contributed by atoms with Gasteiger partial charge in [-0.2, -0.15) is 0 Å². The van der Waals surface area contributed by atoms with Crippen LogP contribution in [0, 0.1) is 0 Å². The Kier molecular flexibility index (Phi) is 16.0. The van der Waals surface area contributed by atoms with Crippen molar-refractivity contribution in [2.45, 2.75) is 0 Å². The molecule has 0 unspecified atom stereocenters. The molecule has 0 amide bonds. The Morgan fingerprint density at radius 2 is 2.00 bits per heavy atom. The second kappa shape index (κ2) is 9.00. The molecule has 0 atom stereocenters. The van der Waals surface area contributed by atoms with E-state index in [-0.39, 0.29) is 17.4 Å². The van der Waals surface area contributed by atoms with Gasteiger partial charge < -0.3 is 4.74 Å². The van der Waals surface area contributed by atoms with Crippen LogP contribution in [0.3, 0.4) is 0 Å². The summed E-state index contributed by atoms with van der Waals surface area (Å²) in [6.45, 7) is 0.375. The molecule has 5 heavy (non-hydrogen) atoms. The highest BCUT2D eigenvalue weighted by atomic mass is 27.0. The molecule has 0 aliphatic carbocycles. The molecular weight excluding hydrogens is 83.0 g/mol. The smallest absolute Gasteiger partial charge is 0.292 e. The predicted octanol–water partition coefficient (Wildman–Crippen LogP) is -1.39. The van der Waals surface area contributed by atoms with Crippen LogP contribution in [0.25, 0.3) is 0 Å². The average Bonchev–Trinajstić information content (AvgIpc) is 1.37. The molecule has 2 nitrogen and oxygen atoms in total. The zero-order valence-corrected chi connectivity index (χ0v) is 2.39. The molecule has 0 radical (unpaired) electrons. The summed E-state index contributed by atoms with van der Waals surface area (Å²) in [6, 6.07) is 0. The number of rotatable bonds is 1. The van der Waals surface area contributed by atoms with Crippen molar-refractivity contribution >= 4 is 23.8 Å². The second-order valence-corrected chi connectivity index (χ2v) is 0.332. The van der Waals surface area contributed by atoms with Crippen LogP contribution in [0.15, 0.2) is 0 Å². The number of carbonyl (C=O) groups excluding carboxylic acids is 1. The van der Waals surface area contributed by atoms with Gasteiger partial charge in [-0.15, -0.1) is 0 Å². The van der Waals surface area contributed by atoms with Gasteiger partial charge in [0.1, 0.15) is 0 Å². The van der Waals surface area contributed by atoms with E-state index in [0.29, 0.717) is 6.47 Å². The molecule has 0 aromatic heterocycles. The zero-order chi connectivity index (χ0) is 3.41. The maximum Gasteiger partial charge on any atom is 0.292 e. The van der Waals surface area contributed by atoms with Gasteiger partial charge >= 0.3 is 0 Å². The van der Waals surface area contributed by atoms with E-state index in [1.165, 1.54) is 7.11 Å². The molecule has 0 aromatic rings. The van der Waals surface area contributed by atoms with E-state index in [4.69, 9.17) is 4.79 Å².